The second-order valence-electron chi connectivity index (χ2n) is 3.35. The monoisotopic (exact) mass is 356 g/mol. The Morgan fingerprint density at radius 1 is 1.56 bits per heavy atom. The third-order valence-corrected chi connectivity index (χ3v) is 4.63. The zero-order valence-electron chi connectivity index (χ0n) is 8.93. The van der Waals surface area contributed by atoms with E-state index in [-0.39, 0.29) is 4.90 Å². The van der Waals surface area contributed by atoms with Gasteiger partial charge in [-0.25, -0.2) is 13.1 Å². The van der Waals surface area contributed by atoms with Crippen LogP contribution in [-0.4, -0.2) is 32.1 Å². The summed E-state index contributed by atoms with van der Waals surface area (Å²) >= 11 is 8.83. The zero-order chi connectivity index (χ0) is 13.9. The van der Waals surface area contributed by atoms with Crippen LogP contribution in [0.25, 0.3) is 0 Å². The van der Waals surface area contributed by atoms with E-state index in [2.05, 4.69) is 20.7 Å². The molecule has 9 heteroatoms. The molecule has 1 atom stereocenters. The van der Waals surface area contributed by atoms with Crippen LogP contribution in [0.1, 0.15) is 0 Å². The molecular formula is C9H10BrClN2O4S. The molecule has 18 heavy (non-hydrogen) atoms. The molecule has 1 aromatic carbocycles. The topological polar surface area (TPSA) is 109 Å². The molecule has 0 aliphatic rings. The number of hydrogen-bond acceptors (Lipinski definition) is 4. The maximum absolute atomic E-state index is 11.8. The number of nitrogens with one attached hydrogen (secondary N) is 1. The highest BCUT2D eigenvalue weighted by molar-refractivity contribution is 9.10. The summed E-state index contributed by atoms with van der Waals surface area (Å²) in [7, 11) is -3.83. The van der Waals surface area contributed by atoms with Crippen LogP contribution in [0, 0.1) is 0 Å². The lowest BCUT2D eigenvalue weighted by Crippen LogP contribution is -2.39. The number of amides is 1. The molecule has 1 unspecified atom stereocenters. The Kier molecular flexibility index (Phi) is 5.11. The molecule has 0 aliphatic carbocycles. The minimum Gasteiger partial charge on any atom is -0.382 e. The fraction of sp³-hybridized carbons (Fsp3) is 0.222. The summed E-state index contributed by atoms with van der Waals surface area (Å²) in [4.78, 5) is 10.5. The largest absolute Gasteiger partial charge is 0.382 e. The van der Waals surface area contributed by atoms with E-state index < -0.39 is 28.6 Å². The van der Waals surface area contributed by atoms with Gasteiger partial charge in [0.25, 0.3) is 0 Å². The lowest BCUT2D eigenvalue weighted by molar-refractivity contribution is -0.125. The Bertz CT molecular complexity index is 564. The molecule has 0 bridgehead atoms. The van der Waals surface area contributed by atoms with Crippen molar-refractivity contribution in [3.8, 4) is 0 Å². The summed E-state index contributed by atoms with van der Waals surface area (Å²) in [6.07, 6.45) is -1.57. The molecule has 0 saturated carbocycles. The van der Waals surface area contributed by atoms with E-state index in [1.54, 1.807) is 0 Å². The number of hydrogen-bond donors (Lipinski definition) is 3. The third kappa shape index (κ3) is 3.92. The second-order valence-corrected chi connectivity index (χ2v) is 6.37. The standard InChI is InChI=1S/C9H10BrClN2O4S/c10-6-3-5(1-2-7(6)11)18(16,17)13-4-8(14)9(12)15/h1-3,8,13-14H,4H2,(H2,12,15). The SMILES string of the molecule is NC(=O)C(O)CNS(=O)(=O)c1ccc(Cl)c(Br)c1. The first-order chi connectivity index (χ1) is 8.24. The number of aliphatic hydroxyl groups excluding tert-OH is 1. The van der Waals surface area contributed by atoms with Crippen molar-refractivity contribution in [2.75, 3.05) is 6.54 Å². The lowest BCUT2D eigenvalue weighted by Gasteiger charge is -2.10. The van der Waals surface area contributed by atoms with Gasteiger partial charge in [-0.05, 0) is 34.1 Å². The van der Waals surface area contributed by atoms with Gasteiger partial charge in [0, 0.05) is 11.0 Å². The van der Waals surface area contributed by atoms with Crippen LogP contribution in [0.15, 0.2) is 27.6 Å². The fourth-order valence-corrected chi connectivity index (χ4v) is 2.73. The number of benzene rings is 1. The molecule has 1 amide bonds. The summed E-state index contributed by atoms with van der Waals surface area (Å²) < 4.78 is 26.0. The summed E-state index contributed by atoms with van der Waals surface area (Å²) in [6, 6.07) is 4.01. The van der Waals surface area contributed by atoms with Crippen molar-refractivity contribution >= 4 is 43.5 Å². The molecular weight excluding hydrogens is 348 g/mol. The maximum Gasteiger partial charge on any atom is 0.247 e. The number of rotatable bonds is 5. The third-order valence-electron chi connectivity index (χ3n) is 2.00. The number of halogens is 2. The van der Waals surface area contributed by atoms with Gasteiger partial charge in [0.1, 0.15) is 6.10 Å². The smallest absolute Gasteiger partial charge is 0.247 e. The van der Waals surface area contributed by atoms with Crippen LogP contribution in [0.4, 0.5) is 0 Å². The van der Waals surface area contributed by atoms with Gasteiger partial charge in [-0.1, -0.05) is 11.6 Å². The van der Waals surface area contributed by atoms with E-state index in [0.29, 0.717) is 9.50 Å². The summed E-state index contributed by atoms with van der Waals surface area (Å²) in [5.74, 6) is -1.00. The first-order valence-corrected chi connectivity index (χ1v) is 7.31. The maximum atomic E-state index is 11.8. The number of aliphatic hydroxyl groups is 1. The van der Waals surface area contributed by atoms with Gasteiger partial charge in [0.2, 0.25) is 15.9 Å². The molecule has 1 rings (SSSR count). The normalized spacial score (nSPS) is 13.3. The lowest BCUT2D eigenvalue weighted by atomic mass is 10.3. The Morgan fingerprint density at radius 3 is 2.67 bits per heavy atom. The van der Waals surface area contributed by atoms with Crippen LogP contribution < -0.4 is 10.5 Å². The van der Waals surface area contributed by atoms with Gasteiger partial charge in [0.05, 0.1) is 9.92 Å². The van der Waals surface area contributed by atoms with E-state index in [0.717, 1.165) is 0 Å². The Morgan fingerprint density at radius 2 is 2.17 bits per heavy atom. The van der Waals surface area contributed by atoms with Crippen LogP contribution in [-0.2, 0) is 14.8 Å². The van der Waals surface area contributed by atoms with Crippen molar-refractivity contribution in [2.45, 2.75) is 11.0 Å². The van der Waals surface area contributed by atoms with Crippen molar-refractivity contribution in [3.63, 3.8) is 0 Å². The van der Waals surface area contributed by atoms with Crippen LogP contribution in [0.5, 0.6) is 0 Å². The molecule has 0 saturated heterocycles. The van der Waals surface area contributed by atoms with Crippen LogP contribution in [0.2, 0.25) is 5.02 Å². The average molecular weight is 358 g/mol. The fourth-order valence-electron chi connectivity index (χ4n) is 1.02. The molecule has 0 aliphatic heterocycles. The van der Waals surface area contributed by atoms with Gasteiger partial charge < -0.3 is 10.8 Å². The van der Waals surface area contributed by atoms with Crippen molar-refractivity contribution in [2.24, 2.45) is 5.73 Å². The zero-order valence-corrected chi connectivity index (χ0v) is 12.1. The minimum atomic E-state index is -3.83. The van der Waals surface area contributed by atoms with Crippen LogP contribution >= 0.6 is 27.5 Å². The molecule has 0 aromatic heterocycles. The Hall–Kier alpha value is -0.670. The van der Waals surface area contributed by atoms with Gasteiger partial charge in [-0.15, -0.1) is 0 Å². The number of carbonyl (C=O) groups excluding carboxylic acids is 1. The quantitative estimate of drug-likeness (QED) is 0.700. The predicted molar refractivity (Wildman–Crippen MR) is 69.5 cm³/mol. The molecule has 0 radical (unpaired) electrons. The van der Waals surface area contributed by atoms with Gasteiger partial charge in [-0.3, -0.25) is 4.79 Å². The highest BCUT2D eigenvalue weighted by Gasteiger charge is 2.19. The summed E-state index contributed by atoms with van der Waals surface area (Å²) in [5, 5.41) is 9.47. The molecule has 0 spiro atoms. The van der Waals surface area contributed by atoms with Crippen molar-refractivity contribution < 1.29 is 18.3 Å². The number of primary amides is 1. The predicted octanol–water partition coefficient (Wildman–Crippen LogP) is 0.227. The van der Waals surface area contributed by atoms with Gasteiger partial charge in [0.15, 0.2) is 0 Å². The van der Waals surface area contributed by atoms with E-state index in [1.807, 2.05) is 0 Å². The molecule has 1 aromatic rings. The van der Waals surface area contributed by atoms with E-state index >= 15 is 0 Å². The molecule has 0 heterocycles. The van der Waals surface area contributed by atoms with E-state index in [4.69, 9.17) is 22.4 Å². The first kappa shape index (κ1) is 15.4. The van der Waals surface area contributed by atoms with E-state index in [9.17, 15) is 13.2 Å². The van der Waals surface area contributed by atoms with Crippen molar-refractivity contribution in [3.05, 3.63) is 27.7 Å². The summed E-state index contributed by atoms with van der Waals surface area (Å²) in [6.45, 7) is -0.488. The Labute approximate surface area is 117 Å². The highest BCUT2D eigenvalue weighted by Crippen LogP contribution is 2.25. The second kappa shape index (κ2) is 5.98. The van der Waals surface area contributed by atoms with Crippen molar-refractivity contribution in [1.82, 2.24) is 4.72 Å². The summed E-state index contributed by atoms with van der Waals surface area (Å²) in [5.41, 5.74) is 4.80. The molecule has 6 nitrogen and oxygen atoms in total. The van der Waals surface area contributed by atoms with E-state index in [1.165, 1.54) is 18.2 Å². The molecule has 100 valence electrons. The van der Waals surface area contributed by atoms with Gasteiger partial charge in [-0.2, -0.15) is 0 Å². The molecule has 4 N–H and O–H groups in total. The number of carbonyl (C=O) groups is 1. The minimum absolute atomic E-state index is 0.0459. The molecule has 0 fully saturated rings. The highest BCUT2D eigenvalue weighted by atomic mass is 79.9. The Balaban J connectivity index is 2.87. The first-order valence-electron chi connectivity index (χ1n) is 4.66. The van der Waals surface area contributed by atoms with Crippen molar-refractivity contribution in [1.29, 1.82) is 0 Å². The number of nitrogens with two attached hydrogens (primary N) is 1. The number of sulfonamides is 1. The van der Waals surface area contributed by atoms with Gasteiger partial charge >= 0.3 is 0 Å². The van der Waals surface area contributed by atoms with Crippen LogP contribution in [0.3, 0.4) is 0 Å². The average Bonchev–Trinajstić information content (AvgIpc) is 2.29.